The van der Waals surface area contributed by atoms with Gasteiger partial charge in [0, 0.05) is 23.9 Å². The number of Topliss-reactive ketones (excluding diaryl/α,β-unsaturated/α-hetero) is 1. The van der Waals surface area contributed by atoms with Gasteiger partial charge < -0.3 is 10.2 Å². The van der Waals surface area contributed by atoms with E-state index >= 15 is 0 Å². The van der Waals surface area contributed by atoms with Crippen LogP contribution in [0.15, 0.2) is 18.2 Å². The van der Waals surface area contributed by atoms with Crippen LogP contribution < -0.4 is 0 Å². The van der Waals surface area contributed by atoms with Crippen LogP contribution in [0.3, 0.4) is 0 Å². The summed E-state index contributed by atoms with van der Waals surface area (Å²) in [5.74, 6) is -1.93. The topological polar surface area (TPSA) is 118 Å². The second-order valence-corrected chi connectivity index (χ2v) is 4.01. The molecule has 0 amide bonds. The van der Waals surface area contributed by atoms with Gasteiger partial charge in [-0.15, -0.1) is 11.6 Å². The molecule has 0 aromatic heterocycles. The van der Waals surface area contributed by atoms with Gasteiger partial charge in [-0.1, -0.05) is 6.07 Å². The fraction of sp³-hybridized carbons (Fsp3) is 0.273. The Morgan fingerprint density at radius 2 is 2.05 bits per heavy atom. The summed E-state index contributed by atoms with van der Waals surface area (Å²) in [5, 5.41) is 28.8. The predicted octanol–water partition coefficient (Wildman–Crippen LogP) is 1.52. The quantitative estimate of drug-likeness (QED) is 0.354. The van der Waals surface area contributed by atoms with Crippen molar-refractivity contribution in [2.24, 2.45) is 0 Å². The molecule has 0 saturated carbocycles. The van der Waals surface area contributed by atoms with Crippen molar-refractivity contribution >= 4 is 29.0 Å². The van der Waals surface area contributed by atoms with Gasteiger partial charge in [-0.3, -0.25) is 14.9 Å². The highest BCUT2D eigenvalue weighted by molar-refractivity contribution is 6.19. The molecule has 0 bridgehead atoms. The zero-order chi connectivity index (χ0) is 14.6. The molecule has 2 N–H and O–H groups in total. The number of carbonyl (C=O) groups is 2. The first-order valence-corrected chi connectivity index (χ1v) is 5.70. The van der Waals surface area contributed by atoms with E-state index in [9.17, 15) is 24.8 Å². The van der Waals surface area contributed by atoms with Gasteiger partial charge in [0.2, 0.25) is 0 Å². The zero-order valence-electron chi connectivity index (χ0n) is 9.58. The Morgan fingerprint density at radius 3 is 2.53 bits per heavy atom. The van der Waals surface area contributed by atoms with Crippen molar-refractivity contribution in [3.63, 3.8) is 0 Å². The molecule has 0 aliphatic heterocycles. The first-order valence-electron chi connectivity index (χ1n) is 5.17. The summed E-state index contributed by atoms with van der Waals surface area (Å²) in [6.45, 7) is 0. The number of alkyl halides is 1. The SMILES string of the molecule is O=C(CCCl)c1ccc(C(O)C(=O)O)c([N+](=O)[O-])c1. The minimum Gasteiger partial charge on any atom is -0.479 e. The lowest BCUT2D eigenvalue weighted by Gasteiger charge is -2.08. The fourth-order valence-corrected chi connectivity index (χ4v) is 1.64. The van der Waals surface area contributed by atoms with E-state index in [-0.39, 0.29) is 23.4 Å². The van der Waals surface area contributed by atoms with Crippen molar-refractivity contribution in [2.75, 3.05) is 5.88 Å². The van der Waals surface area contributed by atoms with Crippen molar-refractivity contribution in [3.05, 3.63) is 39.4 Å². The Balaban J connectivity index is 3.26. The van der Waals surface area contributed by atoms with Gasteiger partial charge in [0.25, 0.3) is 5.69 Å². The van der Waals surface area contributed by atoms with E-state index in [4.69, 9.17) is 16.7 Å². The highest BCUT2D eigenvalue weighted by Crippen LogP contribution is 2.27. The van der Waals surface area contributed by atoms with Gasteiger partial charge in [-0.25, -0.2) is 4.79 Å². The summed E-state index contributed by atoms with van der Waals surface area (Å²) in [6.07, 6.45) is -2.00. The average molecular weight is 288 g/mol. The van der Waals surface area contributed by atoms with Crippen molar-refractivity contribution in [2.45, 2.75) is 12.5 Å². The molecule has 1 rings (SSSR count). The van der Waals surface area contributed by atoms with Gasteiger partial charge in [0.05, 0.1) is 10.5 Å². The number of nitrogens with zero attached hydrogens (tertiary/aromatic N) is 1. The molecule has 0 heterocycles. The third-order valence-corrected chi connectivity index (χ3v) is 2.59. The Kier molecular flexibility index (Phi) is 4.96. The third kappa shape index (κ3) is 3.49. The molecule has 1 unspecified atom stereocenters. The van der Waals surface area contributed by atoms with Gasteiger partial charge in [0.15, 0.2) is 11.9 Å². The van der Waals surface area contributed by atoms with Crippen molar-refractivity contribution in [1.29, 1.82) is 0 Å². The second kappa shape index (κ2) is 6.26. The number of carboxylic acids is 1. The summed E-state index contributed by atoms with van der Waals surface area (Å²) >= 11 is 5.40. The maximum absolute atomic E-state index is 11.5. The number of carboxylic acid groups (broad SMARTS) is 1. The number of aliphatic hydroxyl groups excluding tert-OH is 1. The van der Waals surface area contributed by atoms with Crippen LogP contribution in [-0.2, 0) is 4.79 Å². The van der Waals surface area contributed by atoms with Crippen LogP contribution in [0.4, 0.5) is 5.69 Å². The maximum atomic E-state index is 11.5. The lowest BCUT2D eigenvalue weighted by Crippen LogP contribution is -2.13. The van der Waals surface area contributed by atoms with Crippen LogP contribution >= 0.6 is 11.6 Å². The largest absolute Gasteiger partial charge is 0.479 e. The zero-order valence-corrected chi connectivity index (χ0v) is 10.3. The lowest BCUT2D eigenvalue weighted by molar-refractivity contribution is -0.386. The molecule has 0 spiro atoms. The van der Waals surface area contributed by atoms with Crippen LogP contribution in [-0.4, -0.2) is 32.8 Å². The number of nitro groups is 1. The third-order valence-electron chi connectivity index (χ3n) is 2.40. The number of aliphatic carboxylic acids is 1. The number of hydrogen-bond acceptors (Lipinski definition) is 5. The number of ketones is 1. The van der Waals surface area contributed by atoms with Crippen LogP contribution in [0.1, 0.15) is 28.4 Å². The molecule has 8 heteroatoms. The Morgan fingerprint density at radius 1 is 1.42 bits per heavy atom. The number of hydrogen-bond donors (Lipinski definition) is 2. The minimum atomic E-state index is -2.02. The number of aliphatic hydroxyl groups is 1. The highest BCUT2D eigenvalue weighted by atomic mass is 35.5. The van der Waals surface area contributed by atoms with E-state index in [2.05, 4.69) is 0 Å². The standard InChI is InChI=1S/C11H10ClNO6/c12-4-3-9(14)6-1-2-7(10(15)11(16)17)8(5-6)13(18)19/h1-2,5,10,15H,3-4H2,(H,16,17). The molecule has 0 fully saturated rings. The van der Waals surface area contributed by atoms with Crippen molar-refractivity contribution in [1.82, 2.24) is 0 Å². The molecule has 7 nitrogen and oxygen atoms in total. The van der Waals surface area contributed by atoms with Crippen LogP contribution in [0.5, 0.6) is 0 Å². The number of carbonyl (C=O) groups excluding carboxylic acids is 1. The summed E-state index contributed by atoms with van der Waals surface area (Å²) < 4.78 is 0. The molecule has 1 atom stereocenters. The molecule has 0 radical (unpaired) electrons. The van der Waals surface area contributed by atoms with Gasteiger partial charge in [-0.2, -0.15) is 0 Å². The number of nitro benzene ring substituents is 1. The van der Waals surface area contributed by atoms with Crippen LogP contribution in [0, 0.1) is 10.1 Å². The normalized spacial score (nSPS) is 11.9. The van der Waals surface area contributed by atoms with E-state index in [0.717, 1.165) is 12.1 Å². The minimum absolute atomic E-state index is 0.0134. The second-order valence-electron chi connectivity index (χ2n) is 3.63. The fourth-order valence-electron chi connectivity index (χ4n) is 1.47. The Bertz CT molecular complexity index is 530. The van der Waals surface area contributed by atoms with Crippen molar-refractivity contribution in [3.8, 4) is 0 Å². The van der Waals surface area contributed by atoms with Crippen LogP contribution in [0.2, 0.25) is 0 Å². The van der Waals surface area contributed by atoms with Gasteiger partial charge >= 0.3 is 5.97 Å². The molecular formula is C11H10ClNO6. The summed E-state index contributed by atoms with van der Waals surface area (Å²) in [7, 11) is 0. The predicted molar refractivity (Wildman–Crippen MR) is 65.4 cm³/mol. The molecule has 102 valence electrons. The number of rotatable bonds is 6. The van der Waals surface area contributed by atoms with E-state index in [0.29, 0.717) is 0 Å². The summed E-state index contributed by atoms with van der Waals surface area (Å²) in [5.41, 5.74) is -0.941. The smallest absolute Gasteiger partial charge is 0.337 e. The summed E-state index contributed by atoms with van der Waals surface area (Å²) in [4.78, 5) is 32.2. The van der Waals surface area contributed by atoms with E-state index in [1.165, 1.54) is 6.07 Å². The lowest BCUT2D eigenvalue weighted by atomic mass is 10.0. The van der Waals surface area contributed by atoms with Crippen molar-refractivity contribution < 1.29 is 24.7 Å². The monoisotopic (exact) mass is 287 g/mol. The Hall–Kier alpha value is -1.99. The Labute approximate surface area is 112 Å². The molecule has 1 aromatic rings. The molecule has 19 heavy (non-hydrogen) atoms. The molecule has 0 aliphatic carbocycles. The van der Waals surface area contributed by atoms with E-state index in [1.807, 2.05) is 0 Å². The van der Waals surface area contributed by atoms with Crippen LogP contribution in [0.25, 0.3) is 0 Å². The number of benzene rings is 1. The number of halogens is 1. The maximum Gasteiger partial charge on any atom is 0.337 e. The average Bonchev–Trinajstić information content (AvgIpc) is 2.37. The van der Waals surface area contributed by atoms with E-state index in [1.54, 1.807) is 0 Å². The molecule has 0 aliphatic rings. The van der Waals surface area contributed by atoms with Gasteiger partial charge in [0.1, 0.15) is 0 Å². The molecular weight excluding hydrogens is 278 g/mol. The molecule has 0 saturated heterocycles. The first kappa shape index (κ1) is 15.1. The van der Waals surface area contributed by atoms with Gasteiger partial charge in [-0.05, 0) is 6.07 Å². The van der Waals surface area contributed by atoms with E-state index < -0.39 is 28.5 Å². The molecule has 1 aromatic carbocycles. The first-order chi connectivity index (χ1) is 8.88. The highest BCUT2D eigenvalue weighted by Gasteiger charge is 2.26. The summed E-state index contributed by atoms with van der Waals surface area (Å²) in [6, 6.07) is 3.22.